The second-order valence-corrected chi connectivity index (χ2v) is 4.71. The van der Waals surface area contributed by atoms with Gasteiger partial charge in [0.1, 0.15) is 11.0 Å². The van der Waals surface area contributed by atoms with Crippen molar-refractivity contribution in [2.24, 2.45) is 5.73 Å². The first kappa shape index (κ1) is 13.9. The van der Waals surface area contributed by atoms with E-state index in [2.05, 4.69) is 26.0 Å². The molecule has 0 aliphatic carbocycles. The summed E-state index contributed by atoms with van der Waals surface area (Å²) in [5.74, 6) is -0.348. The minimum absolute atomic E-state index is 0.261. The average Bonchev–Trinajstić information content (AvgIpc) is 2.27. The maximum Gasteiger partial charge on any atom is 0.327 e. The number of esters is 1. The smallest absolute Gasteiger partial charge is 0.327 e. The lowest BCUT2D eigenvalue weighted by Gasteiger charge is -2.16. The highest BCUT2D eigenvalue weighted by molar-refractivity contribution is 9.10. The van der Waals surface area contributed by atoms with Gasteiger partial charge in [0, 0.05) is 15.7 Å². The molecule has 0 amide bonds. The van der Waals surface area contributed by atoms with Crippen LogP contribution in [0.25, 0.3) is 0 Å². The Labute approximate surface area is 114 Å². The van der Waals surface area contributed by atoms with E-state index in [9.17, 15) is 4.79 Å². The van der Waals surface area contributed by atoms with Crippen LogP contribution in [-0.4, -0.2) is 24.1 Å². The minimum atomic E-state index is -0.470. The highest BCUT2D eigenvalue weighted by Crippen LogP contribution is 2.25. The number of hydrogen-bond acceptors (Lipinski definition) is 4. The Balaban J connectivity index is 3.02. The number of rotatable bonds is 4. The number of anilines is 1. The minimum Gasteiger partial charge on any atom is -0.467 e. The Bertz CT molecular complexity index is 451. The summed E-state index contributed by atoms with van der Waals surface area (Å²) >= 11 is 8.34. The van der Waals surface area contributed by atoms with Crippen molar-refractivity contribution >= 4 is 44.8 Å². The number of thiocarbonyl (C=S) groups is 1. The van der Waals surface area contributed by atoms with Crippen LogP contribution >= 0.6 is 28.1 Å². The van der Waals surface area contributed by atoms with Gasteiger partial charge in [0.2, 0.25) is 0 Å². The Morgan fingerprint density at radius 3 is 2.76 bits per heavy atom. The first-order valence-electron chi connectivity index (χ1n) is 4.90. The highest BCUT2D eigenvalue weighted by atomic mass is 79.9. The number of benzene rings is 1. The summed E-state index contributed by atoms with van der Waals surface area (Å²) in [6.45, 7) is 1.70. The van der Waals surface area contributed by atoms with Crippen LogP contribution in [0.15, 0.2) is 22.7 Å². The summed E-state index contributed by atoms with van der Waals surface area (Å²) in [5, 5.41) is 3.01. The Morgan fingerprint density at radius 1 is 1.59 bits per heavy atom. The van der Waals surface area contributed by atoms with Crippen LogP contribution < -0.4 is 11.1 Å². The molecule has 0 radical (unpaired) electrons. The monoisotopic (exact) mass is 316 g/mol. The van der Waals surface area contributed by atoms with Crippen LogP contribution in [0.4, 0.5) is 5.69 Å². The van der Waals surface area contributed by atoms with Crippen molar-refractivity contribution in [1.82, 2.24) is 0 Å². The van der Waals surface area contributed by atoms with Gasteiger partial charge in [0.05, 0.1) is 7.11 Å². The molecule has 4 nitrogen and oxygen atoms in total. The molecule has 0 bridgehead atoms. The van der Waals surface area contributed by atoms with Crippen molar-refractivity contribution in [3.63, 3.8) is 0 Å². The van der Waals surface area contributed by atoms with Crippen molar-refractivity contribution < 1.29 is 9.53 Å². The van der Waals surface area contributed by atoms with E-state index in [0.717, 1.165) is 4.47 Å². The van der Waals surface area contributed by atoms with Gasteiger partial charge >= 0.3 is 5.97 Å². The van der Waals surface area contributed by atoms with E-state index >= 15 is 0 Å². The van der Waals surface area contributed by atoms with Gasteiger partial charge in [-0.25, -0.2) is 4.79 Å². The third kappa shape index (κ3) is 3.41. The molecule has 1 unspecified atom stereocenters. The fraction of sp³-hybridized carbons (Fsp3) is 0.273. The van der Waals surface area contributed by atoms with E-state index in [4.69, 9.17) is 18.0 Å². The van der Waals surface area contributed by atoms with E-state index in [1.165, 1.54) is 7.11 Å². The summed E-state index contributed by atoms with van der Waals surface area (Å²) in [5.41, 5.74) is 7.02. The normalized spacial score (nSPS) is 11.7. The largest absolute Gasteiger partial charge is 0.467 e. The van der Waals surface area contributed by atoms with Crippen molar-refractivity contribution in [2.45, 2.75) is 13.0 Å². The zero-order chi connectivity index (χ0) is 13.0. The van der Waals surface area contributed by atoms with Gasteiger partial charge in [-0.15, -0.1) is 0 Å². The zero-order valence-corrected chi connectivity index (χ0v) is 11.9. The number of nitrogens with two attached hydrogens (primary N) is 1. The van der Waals surface area contributed by atoms with Crippen LogP contribution in [0.3, 0.4) is 0 Å². The molecule has 1 aromatic rings. The Kier molecular flexibility index (Phi) is 4.89. The van der Waals surface area contributed by atoms with Gasteiger partial charge < -0.3 is 15.8 Å². The maximum absolute atomic E-state index is 11.3. The molecule has 0 spiro atoms. The second-order valence-electron chi connectivity index (χ2n) is 3.42. The van der Waals surface area contributed by atoms with Gasteiger partial charge in [0.15, 0.2) is 0 Å². The zero-order valence-electron chi connectivity index (χ0n) is 9.49. The molecule has 6 heteroatoms. The van der Waals surface area contributed by atoms with Gasteiger partial charge in [-0.2, -0.15) is 0 Å². The highest BCUT2D eigenvalue weighted by Gasteiger charge is 2.16. The van der Waals surface area contributed by atoms with E-state index < -0.39 is 6.04 Å². The number of carbonyl (C=O) groups excluding carboxylic acids is 1. The molecule has 0 aliphatic rings. The lowest BCUT2D eigenvalue weighted by atomic mass is 10.1. The first-order valence-corrected chi connectivity index (χ1v) is 6.10. The van der Waals surface area contributed by atoms with Crippen LogP contribution in [-0.2, 0) is 9.53 Å². The number of halogens is 1. The number of hydrogen-bond donors (Lipinski definition) is 2. The molecule has 92 valence electrons. The summed E-state index contributed by atoms with van der Waals surface area (Å²) in [6.07, 6.45) is 0. The van der Waals surface area contributed by atoms with E-state index in [-0.39, 0.29) is 11.0 Å². The molecular weight excluding hydrogens is 304 g/mol. The summed E-state index contributed by atoms with van der Waals surface area (Å²) < 4.78 is 5.42. The Morgan fingerprint density at radius 2 is 2.24 bits per heavy atom. The second kappa shape index (κ2) is 5.97. The summed E-state index contributed by atoms with van der Waals surface area (Å²) in [6, 6.07) is 5.00. The maximum atomic E-state index is 11.3. The molecule has 1 aromatic carbocycles. The third-order valence-corrected chi connectivity index (χ3v) is 3.05. The number of methoxy groups -OCH3 is 1. The molecule has 3 N–H and O–H groups in total. The lowest BCUT2D eigenvalue weighted by Crippen LogP contribution is -2.28. The molecule has 0 saturated carbocycles. The van der Waals surface area contributed by atoms with Crippen LogP contribution in [0, 0.1) is 0 Å². The van der Waals surface area contributed by atoms with Gasteiger partial charge in [-0.05, 0) is 35.0 Å². The Hall–Kier alpha value is -1.14. The standard InChI is InChI=1S/C11H13BrN2O2S/c1-6(11(15)16-2)14-8-5-3-4-7(12)9(8)10(13)17/h3-6,14H,1-2H3,(H2,13,17). The quantitative estimate of drug-likeness (QED) is 0.657. The van der Waals surface area contributed by atoms with Crippen LogP contribution in [0.2, 0.25) is 0 Å². The molecule has 1 rings (SSSR count). The van der Waals surface area contributed by atoms with E-state index in [1.807, 2.05) is 12.1 Å². The summed E-state index contributed by atoms with van der Waals surface area (Å²) in [7, 11) is 1.34. The predicted octanol–water partition coefficient (Wildman–Crippen LogP) is 2.06. The van der Waals surface area contributed by atoms with Crippen molar-refractivity contribution in [3.05, 3.63) is 28.2 Å². The van der Waals surface area contributed by atoms with E-state index in [1.54, 1.807) is 13.0 Å². The van der Waals surface area contributed by atoms with Crippen molar-refractivity contribution in [1.29, 1.82) is 0 Å². The van der Waals surface area contributed by atoms with Gasteiger partial charge in [-0.1, -0.05) is 18.3 Å². The first-order chi connectivity index (χ1) is 7.97. The van der Waals surface area contributed by atoms with E-state index in [0.29, 0.717) is 11.3 Å². The molecular formula is C11H13BrN2O2S. The molecule has 0 saturated heterocycles. The van der Waals surface area contributed by atoms with Crippen molar-refractivity contribution in [3.8, 4) is 0 Å². The summed E-state index contributed by atoms with van der Waals surface area (Å²) in [4.78, 5) is 11.6. The number of nitrogens with one attached hydrogen (secondary N) is 1. The molecule has 17 heavy (non-hydrogen) atoms. The average molecular weight is 317 g/mol. The van der Waals surface area contributed by atoms with Crippen molar-refractivity contribution in [2.75, 3.05) is 12.4 Å². The van der Waals surface area contributed by atoms with Gasteiger partial charge in [0.25, 0.3) is 0 Å². The fourth-order valence-corrected chi connectivity index (χ4v) is 2.29. The number of carbonyl (C=O) groups is 1. The van der Waals surface area contributed by atoms with Crippen LogP contribution in [0.5, 0.6) is 0 Å². The lowest BCUT2D eigenvalue weighted by molar-refractivity contribution is -0.141. The molecule has 0 fully saturated rings. The molecule has 0 heterocycles. The predicted molar refractivity (Wildman–Crippen MR) is 75.1 cm³/mol. The SMILES string of the molecule is COC(=O)C(C)Nc1cccc(Br)c1C(N)=S. The molecule has 0 aliphatic heterocycles. The van der Waals surface area contributed by atoms with Crippen LogP contribution in [0.1, 0.15) is 12.5 Å². The molecule has 0 aromatic heterocycles. The fourth-order valence-electron chi connectivity index (χ4n) is 1.36. The van der Waals surface area contributed by atoms with Gasteiger partial charge in [-0.3, -0.25) is 0 Å². The molecule has 1 atom stereocenters. The topological polar surface area (TPSA) is 64.3 Å². The number of ether oxygens (including phenoxy) is 1. The third-order valence-electron chi connectivity index (χ3n) is 2.19.